The standard InChI is InChI=1S/C19H18Cl2O5/c20-6-5-13(17(22)9-1-3-11(21)4-2-9)25-18(23)15-10-7-12-14(8-10)26-19(24)16(12)15/h1-4,10,12-16H,5-8H2/t10-,12+,13+,14+,15-,16+/m1/s1. The van der Waals surface area contributed by atoms with Gasteiger partial charge in [-0.25, -0.2) is 0 Å². The Morgan fingerprint density at radius 3 is 2.65 bits per heavy atom. The van der Waals surface area contributed by atoms with Gasteiger partial charge >= 0.3 is 11.9 Å². The molecule has 1 aliphatic heterocycles. The van der Waals surface area contributed by atoms with E-state index in [1.165, 1.54) is 0 Å². The lowest BCUT2D eigenvalue weighted by atomic mass is 9.80. The summed E-state index contributed by atoms with van der Waals surface area (Å²) >= 11 is 11.7. The highest BCUT2D eigenvalue weighted by Crippen LogP contribution is 2.58. The maximum Gasteiger partial charge on any atom is 0.310 e. The molecule has 0 unspecified atom stereocenters. The van der Waals surface area contributed by atoms with Gasteiger partial charge < -0.3 is 9.47 Å². The van der Waals surface area contributed by atoms with Gasteiger partial charge in [0.05, 0.1) is 11.8 Å². The number of carbonyl (C=O) groups excluding carboxylic acids is 3. The molecule has 0 radical (unpaired) electrons. The topological polar surface area (TPSA) is 69.7 Å². The summed E-state index contributed by atoms with van der Waals surface area (Å²) in [4.78, 5) is 37.6. The second-order valence-electron chi connectivity index (χ2n) is 7.20. The molecule has 0 aromatic heterocycles. The molecule has 5 nitrogen and oxygen atoms in total. The van der Waals surface area contributed by atoms with Crippen LogP contribution in [0.3, 0.4) is 0 Å². The molecule has 4 rings (SSSR count). The molecule has 2 bridgehead atoms. The van der Waals surface area contributed by atoms with E-state index in [9.17, 15) is 14.4 Å². The Morgan fingerprint density at radius 2 is 1.96 bits per heavy atom. The highest BCUT2D eigenvalue weighted by atomic mass is 35.5. The molecule has 7 heteroatoms. The number of esters is 2. The number of ketones is 1. The molecule has 0 amide bonds. The quantitative estimate of drug-likeness (QED) is 0.419. The van der Waals surface area contributed by atoms with Gasteiger partial charge in [-0.15, -0.1) is 11.6 Å². The van der Waals surface area contributed by atoms with E-state index >= 15 is 0 Å². The third-order valence-electron chi connectivity index (χ3n) is 5.81. The molecule has 0 N–H and O–H groups in total. The lowest BCUT2D eigenvalue weighted by Gasteiger charge is -2.25. The summed E-state index contributed by atoms with van der Waals surface area (Å²) in [5.41, 5.74) is 0.408. The van der Waals surface area contributed by atoms with Gasteiger partial charge in [-0.3, -0.25) is 14.4 Å². The predicted octanol–water partition coefficient (Wildman–Crippen LogP) is 3.26. The van der Waals surface area contributed by atoms with Crippen LogP contribution >= 0.6 is 23.2 Å². The van der Waals surface area contributed by atoms with E-state index in [0.717, 1.165) is 6.42 Å². The van der Waals surface area contributed by atoms with Gasteiger partial charge in [0.25, 0.3) is 0 Å². The van der Waals surface area contributed by atoms with Crippen LogP contribution in [0.15, 0.2) is 24.3 Å². The van der Waals surface area contributed by atoms with Gasteiger partial charge in [-0.05, 0) is 43.0 Å². The Labute approximate surface area is 160 Å². The summed E-state index contributed by atoms with van der Waals surface area (Å²) in [6.07, 6.45) is 0.724. The van der Waals surface area contributed by atoms with E-state index in [0.29, 0.717) is 17.0 Å². The predicted molar refractivity (Wildman–Crippen MR) is 94.1 cm³/mol. The second kappa shape index (κ2) is 6.86. The van der Waals surface area contributed by atoms with Crippen molar-refractivity contribution in [2.24, 2.45) is 23.7 Å². The Hall–Kier alpha value is -1.59. The lowest BCUT2D eigenvalue weighted by molar-refractivity contribution is -0.158. The minimum Gasteiger partial charge on any atom is -0.462 e. The number of ether oxygens (including phenoxy) is 2. The number of hydrogen-bond donors (Lipinski definition) is 0. The first-order valence-corrected chi connectivity index (χ1v) is 9.67. The zero-order chi connectivity index (χ0) is 18.4. The van der Waals surface area contributed by atoms with Crippen LogP contribution < -0.4 is 0 Å². The summed E-state index contributed by atoms with van der Waals surface area (Å²) in [6, 6.07) is 6.41. The van der Waals surface area contributed by atoms with Crippen molar-refractivity contribution in [2.75, 3.05) is 5.88 Å². The smallest absolute Gasteiger partial charge is 0.310 e. The number of Topliss-reactive ketones (excluding diaryl/α,β-unsaturated/α-hetero) is 1. The monoisotopic (exact) mass is 396 g/mol. The van der Waals surface area contributed by atoms with Crippen molar-refractivity contribution >= 4 is 40.9 Å². The first kappa shape index (κ1) is 17.8. The Kier molecular flexibility index (Phi) is 4.70. The number of alkyl halides is 1. The third kappa shape index (κ3) is 2.91. The van der Waals surface area contributed by atoms with Crippen LogP contribution in [0.1, 0.15) is 29.6 Å². The van der Waals surface area contributed by atoms with E-state index in [1.54, 1.807) is 24.3 Å². The van der Waals surface area contributed by atoms with Crippen LogP contribution in [0.5, 0.6) is 0 Å². The summed E-state index contributed by atoms with van der Waals surface area (Å²) in [5, 5.41) is 0.517. The Bertz CT molecular complexity index is 745. The van der Waals surface area contributed by atoms with Crippen LogP contribution in [0.2, 0.25) is 5.02 Å². The molecule has 6 atom stereocenters. The zero-order valence-corrected chi connectivity index (χ0v) is 15.4. The minimum atomic E-state index is -0.964. The molecule has 1 saturated heterocycles. The number of benzene rings is 1. The number of rotatable bonds is 6. The number of carbonyl (C=O) groups is 3. The van der Waals surface area contributed by atoms with Gasteiger partial charge in [-0.1, -0.05) is 11.6 Å². The van der Waals surface area contributed by atoms with Crippen LogP contribution in [0.4, 0.5) is 0 Å². The average molecular weight is 397 g/mol. The minimum absolute atomic E-state index is 0.0455. The van der Waals surface area contributed by atoms with Gasteiger partial charge in [0, 0.05) is 28.8 Å². The third-order valence-corrected chi connectivity index (χ3v) is 6.28. The molecule has 2 aliphatic carbocycles. The van der Waals surface area contributed by atoms with Gasteiger partial charge in [-0.2, -0.15) is 0 Å². The van der Waals surface area contributed by atoms with E-state index in [1.807, 2.05) is 0 Å². The Balaban J connectivity index is 1.50. The summed E-state index contributed by atoms with van der Waals surface area (Å²) in [6.45, 7) is 0. The molecule has 2 saturated carbocycles. The van der Waals surface area contributed by atoms with Crippen LogP contribution in [-0.4, -0.2) is 35.8 Å². The molecule has 1 heterocycles. The fraction of sp³-hybridized carbons (Fsp3) is 0.526. The number of halogens is 2. The molecule has 1 aromatic rings. The van der Waals surface area contributed by atoms with Crippen molar-refractivity contribution in [1.82, 2.24) is 0 Å². The van der Waals surface area contributed by atoms with Crippen molar-refractivity contribution in [1.29, 1.82) is 0 Å². The maximum atomic E-state index is 12.8. The number of hydrogen-bond acceptors (Lipinski definition) is 5. The van der Waals surface area contributed by atoms with E-state index in [2.05, 4.69) is 0 Å². The van der Waals surface area contributed by atoms with Crippen LogP contribution in [0, 0.1) is 23.7 Å². The van der Waals surface area contributed by atoms with Crippen molar-refractivity contribution in [3.05, 3.63) is 34.9 Å². The van der Waals surface area contributed by atoms with Crippen molar-refractivity contribution in [3.63, 3.8) is 0 Å². The summed E-state index contributed by atoms with van der Waals surface area (Å²) in [5.74, 6) is -1.65. The fourth-order valence-electron chi connectivity index (χ4n) is 4.69. The van der Waals surface area contributed by atoms with Crippen LogP contribution in [0.25, 0.3) is 0 Å². The molecule has 138 valence electrons. The fourth-order valence-corrected chi connectivity index (χ4v) is 5.01. The summed E-state index contributed by atoms with van der Waals surface area (Å²) < 4.78 is 10.9. The summed E-state index contributed by atoms with van der Waals surface area (Å²) in [7, 11) is 0. The molecule has 1 aromatic carbocycles. The molecule has 26 heavy (non-hydrogen) atoms. The van der Waals surface area contributed by atoms with Gasteiger partial charge in [0.2, 0.25) is 5.78 Å². The van der Waals surface area contributed by atoms with Crippen molar-refractivity contribution in [3.8, 4) is 0 Å². The van der Waals surface area contributed by atoms with Gasteiger partial charge in [0.15, 0.2) is 6.10 Å². The van der Waals surface area contributed by atoms with E-state index in [4.69, 9.17) is 32.7 Å². The number of fused-ring (bicyclic) bond motifs is 1. The molecule has 0 spiro atoms. The first-order chi connectivity index (χ1) is 12.5. The largest absolute Gasteiger partial charge is 0.462 e. The van der Waals surface area contributed by atoms with Crippen molar-refractivity contribution < 1.29 is 23.9 Å². The highest BCUT2D eigenvalue weighted by Gasteiger charge is 2.64. The first-order valence-electron chi connectivity index (χ1n) is 8.76. The molecule has 3 aliphatic rings. The normalized spacial score (nSPS) is 32.4. The highest BCUT2D eigenvalue weighted by molar-refractivity contribution is 6.30. The zero-order valence-electron chi connectivity index (χ0n) is 13.9. The second-order valence-corrected chi connectivity index (χ2v) is 8.01. The van der Waals surface area contributed by atoms with Crippen molar-refractivity contribution in [2.45, 2.75) is 31.5 Å². The maximum absolute atomic E-state index is 12.8. The Morgan fingerprint density at radius 1 is 1.23 bits per heavy atom. The van der Waals surface area contributed by atoms with E-state index < -0.39 is 23.9 Å². The lowest BCUT2D eigenvalue weighted by Crippen LogP contribution is -2.37. The SMILES string of the molecule is O=C(O[C@@H](CCCl)C(=O)c1ccc(Cl)cc1)[C@@H]1[C@@H]2C[C@@H]3[C@@H]1C(=O)O[C@H]3C2. The molecule has 3 fully saturated rings. The van der Waals surface area contributed by atoms with E-state index in [-0.39, 0.29) is 42.0 Å². The molecular formula is C19H18Cl2O5. The molecular weight excluding hydrogens is 379 g/mol. The van der Waals surface area contributed by atoms with Gasteiger partial charge in [0.1, 0.15) is 6.10 Å². The average Bonchev–Trinajstić information content (AvgIpc) is 3.23. The van der Waals surface area contributed by atoms with Crippen LogP contribution in [-0.2, 0) is 19.1 Å².